The van der Waals surface area contributed by atoms with Gasteiger partial charge in [-0.2, -0.15) is 0 Å². The van der Waals surface area contributed by atoms with Gasteiger partial charge in [-0.3, -0.25) is 0 Å². The second-order valence-electron chi connectivity index (χ2n) is 4.75. The number of hydrogen-bond acceptors (Lipinski definition) is 2. The molecule has 100 valence electrons. The van der Waals surface area contributed by atoms with Crippen LogP contribution in [0.15, 0.2) is 71.6 Å². The standard InChI is InChI=1S/C18H17NS/c19-12-15-10-11-18(17-9-5-4-8-16(15)17)20-13-14-6-2-1-3-7-14/h1-11H,12-13,19H2. The highest BCUT2D eigenvalue weighted by atomic mass is 32.2. The van der Waals surface area contributed by atoms with Crippen molar-refractivity contribution in [2.24, 2.45) is 5.73 Å². The summed E-state index contributed by atoms with van der Waals surface area (Å²) in [4.78, 5) is 1.32. The van der Waals surface area contributed by atoms with Gasteiger partial charge in [0.15, 0.2) is 0 Å². The number of hydrogen-bond donors (Lipinski definition) is 1. The predicted molar refractivity (Wildman–Crippen MR) is 87.8 cm³/mol. The largest absolute Gasteiger partial charge is 0.326 e. The van der Waals surface area contributed by atoms with Crippen LogP contribution in [0.25, 0.3) is 10.8 Å². The summed E-state index contributed by atoms with van der Waals surface area (Å²) in [5.74, 6) is 0.993. The molecule has 20 heavy (non-hydrogen) atoms. The molecule has 0 saturated carbocycles. The van der Waals surface area contributed by atoms with Gasteiger partial charge < -0.3 is 5.73 Å². The SMILES string of the molecule is NCc1ccc(SCc2ccccc2)c2ccccc12. The third kappa shape index (κ3) is 2.72. The molecule has 0 heterocycles. The third-order valence-corrected chi connectivity index (χ3v) is 4.58. The van der Waals surface area contributed by atoms with Crippen molar-refractivity contribution in [2.45, 2.75) is 17.2 Å². The molecule has 1 nitrogen and oxygen atoms in total. The summed E-state index contributed by atoms with van der Waals surface area (Å²) in [6.07, 6.45) is 0. The van der Waals surface area contributed by atoms with Crippen LogP contribution in [-0.4, -0.2) is 0 Å². The number of nitrogens with two attached hydrogens (primary N) is 1. The van der Waals surface area contributed by atoms with E-state index in [1.165, 1.54) is 26.8 Å². The first-order chi connectivity index (χ1) is 9.88. The minimum absolute atomic E-state index is 0.587. The van der Waals surface area contributed by atoms with Gasteiger partial charge in [-0.1, -0.05) is 60.7 Å². The van der Waals surface area contributed by atoms with E-state index in [0.717, 1.165) is 5.75 Å². The predicted octanol–water partition coefficient (Wildman–Crippen LogP) is 4.59. The molecule has 2 heteroatoms. The van der Waals surface area contributed by atoms with Crippen LogP contribution in [0.2, 0.25) is 0 Å². The van der Waals surface area contributed by atoms with Crippen molar-refractivity contribution in [3.8, 4) is 0 Å². The molecule has 0 saturated heterocycles. The van der Waals surface area contributed by atoms with Crippen molar-refractivity contribution in [2.75, 3.05) is 0 Å². The van der Waals surface area contributed by atoms with E-state index in [1.807, 2.05) is 11.8 Å². The van der Waals surface area contributed by atoms with Gasteiger partial charge in [-0.05, 0) is 28.0 Å². The van der Waals surface area contributed by atoms with E-state index in [-0.39, 0.29) is 0 Å². The molecule has 0 aliphatic rings. The summed E-state index contributed by atoms with van der Waals surface area (Å²) >= 11 is 1.88. The maximum atomic E-state index is 5.82. The molecule has 0 aliphatic heterocycles. The lowest BCUT2D eigenvalue weighted by molar-refractivity contribution is 1.08. The second-order valence-corrected chi connectivity index (χ2v) is 5.76. The third-order valence-electron chi connectivity index (χ3n) is 3.43. The highest BCUT2D eigenvalue weighted by Gasteiger charge is 2.05. The van der Waals surface area contributed by atoms with E-state index in [4.69, 9.17) is 5.73 Å². The Kier molecular flexibility index (Phi) is 4.05. The molecule has 0 aliphatic carbocycles. The van der Waals surface area contributed by atoms with Crippen molar-refractivity contribution in [3.05, 3.63) is 77.9 Å². The monoisotopic (exact) mass is 279 g/mol. The fourth-order valence-corrected chi connectivity index (χ4v) is 3.39. The van der Waals surface area contributed by atoms with Crippen molar-refractivity contribution in [1.29, 1.82) is 0 Å². The molecule has 0 fully saturated rings. The summed E-state index contributed by atoms with van der Waals surface area (Å²) in [6.45, 7) is 0.587. The Morgan fingerprint density at radius 3 is 2.20 bits per heavy atom. The van der Waals surface area contributed by atoms with E-state index in [1.54, 1.807) is 0 Å². The van der Waals surface area contributed by atoms with E-state index >= 15 is 0 Å². The van der Waals surface area contributed by atoms with Gasteiger partial charge >= 0.3 is 0 Å². The minimum Gasteiger partial charge on any atom is -0.326 e. The Morgan fingerprint density at radius 2 is 1.45 bits per heavy atom. The Bertz CT molecular complexity index is 707. The van der Waals surface area contributed by atoms with Gasteiger partial charge in [0.2, 0.25) is 0 Å². The lowest BCUT2D eigenvalue weighted by Crippen LogP contribution is -1.97. The molecule has 0 amide bonds. The lowest BCUT2D eigenvalue weighted by Gasteiger charge is -2.10. The van der Waals surface area contributed by atoms with Crippen LogP contribution in [0.3, 0.4) is 0 Å². The average molecular weight is 279 g/mol. The first kappa shape index (κ1) is 13.2. The van der Waals surface area contributed by atoms with E-state index in [0.29, 0.717) is 6.54 Å². The van der Waals surface area contributed by atoms with Gasteiger partial charge in [0.05, 0.1) is 0 Å². The molecule has 0 atom stereocenters. The summed E-state index contributed by atoms with van der Waals surface area (Å²) in [6, 6.07) is 23.4. The average Bonchev–Trinajstić information content (AvgIpc) is 2.53. The summed E-state index contributed by atoms with van der Waals surface area (Å²) in [5.41, 5.74) is 8.39. The fourth-order valence-electron chi connectivity index (χ4n) is 2.37. The van der Waals surface area contributed by atoms with Crippen LogP contribution in [-0.2, 0) is 12.3 Å². The maximum absolute atomic E-state index is 5.82. The van der Waals surface area contributed by atoms with E-state index in [9.17, 15) is 0 Å². The molecule has 0 aromatic heterocycles. The van der Waals surface area contributed by atoms with Crippen LogP contribution in [0, 0.1) is 0 Å². The van der Waals surface area contributed by atoms with Gasteiger partial charge in [0.25, 0.3) is 0 Å². The van der Waals surface area contributed by atoms with Crippen molar-refractivity contribution < 1.29 is 0 Å². The number of fused-ring (bicyclic) bond motifs is 1. The molecular formula is C18H17NS. The highest BCUT2D eigenvalue weighted by molar-refractivity contribution is 7.98. The summed E-state index contributed by atoms with van der Waals surface area (Å²) in [7, 11) is 0. The zero-order valence-electron chi connectivity index (χ0n) is 11.3. The summed E-state index contributed by atoms with van der Waals surface area (Å²) in [5, 5.41) is 2.57. The molecule has 0 spiro atoms. The highest BCUT2D eigenvalue weighted by Crippen LogP contribution is 2.32. The van der Waals surface area contributed by atoms with Crippen molar-refractivity contribution >= 4 is 22.5 Å². The number of thioether (sulfide) groups is 1. The van der Waals surface area contributed by atoms with Crippen LogP contribution < -0.4 is 5.73 Å². The summed E-state index contributed by atoms with van der Waals surface area (Å²) < 4.78 is 0. The second kappa shape index (κ2) is 6.12. The van der Waals surface area contributed by atoms with Crippen molar-refractivity contribution in [3.63, 3.8) is 0 Å². The topological polar surface area (TPSA) is 26.0 Å². The Morgan fingerprint density at radius 1 is 0.750 bits per heavy atom. The van der Waals surface area contributed by atoms with Gasteiger partial charge in [0, 0.05) is 17.2 Å². The Labute approximate surface area is 123 Å². The van der Waals surface area contributed by atoms with Gasteiger partial charge in [-0.25, -0.2) is 0 Å². The van der Waals surface area contributed by atoms with Crippen LogP contribution >= 0.6 is 11.8 Å². The van der Waals surface area contributed by atoms with Crippen molar-refractivity contribution in [1.82, 2.24) is 0 Å². The number of rotatable bonds is 4. The number of benzene rings is 3. The maximum Gasteiger partial charge on any atom is 0.0232 e. The van der Waals surface area contributed by atoms with E-state index < -0.39 is 0 Å². The lowest BCUT2D eigenvalue weighted by atomic mass is 10.0. The molecular weight excluding hydrogens is 262 g/mol. The smallest absolute Gasteiger partial charge is 0.0232 e. The zero-order chi connectivity index (χ0) is 13.8. The molecule has 2 N–H and O–H groups in total. The normalized spacial score (nSPS) is 10.8. The molecule has 3 aromatic rings. The Hall–Kier alpha value is -1.77. The Balaban J connectivity index is 1.92. The zero-order valence-corrected chi connectivity index (χ0v) is 12.1. The van der Waals surface area contributed by atoms with Gasteiger partial charge in [0.1, 0.15) is 0 Å². The van der Waals surface area contributed by atoms with Crippen LogP contribution in [0.1, 0.15) is 11.1 Å². The first-order valence-electron chi connectivity index (χ1n) is 6.76. The molecule has 0 unspecified atom stereocenters. The minimum atomic E-state index is 0.587. The van der Waals surface area contributed by atoms with Gasteiger partial charge in [-0.15, -0.1) is 11.8 Å². The molecule has 3 aromatic carbocycles. The molecule has 3 rings (SSSR count). The van der Waals surface area contributed by atoms with Crippen LogP contribution in [0.4, 0.5) is 0 Å². The molecule has 0 bridgehead atoms. The van der Waals surface area contributed by atoms with E-state index in [2.05, 4.69) is 66.7 Å². The quantitative estimate of drug-likeness (QED) is 0.707. The fraction of sp³-hybridized carbons (Fsp3) is 0.111. The van der Waals surface area contributed by atoms with Crippen LogP contribution in [0.5, 0.6) is 0 Å². The molecule has 0 radical (unpaired) electrons. The first-order valence-corrected chi connectivity index (χ1v) is 7.74.